The largest absolute Gasteiger partial charge is 0.393 e. The van der Waals surface area contributed by atoms with Gasteiger partial charge in [0, 0.05) is 0 Å². The zero-order chi connectivity index (χ0) is 19.4. The van der Waals surface area contributed by atoms with Crippen molar-refractivity contribution in [3.05, 3.63) is 35.5 Å². The van der Waals surface area contributed by atoms with Crippen LogP contribution >= 0.6 is 27.0 Å². The first kappa shape index (κ1) is 25.1. The van der Waals surface area contributed by atoms with Gasteiger partial charge in [0.2, 0.25) is 0 Å². The Balaban J connectivity index is 0.00000150. The van der Waals surface area contributed by atoms with Crippen molar-refractivity contribution in [2.75, 3.05) is 0 Å². The van der Waals surface area contributed by atoms with Crippen molar-refractivity contribution in [3.63, 3.8) is 0 Å². The molecule has 0 aromatic rings. The number of rotatable bonds is 3. The maximum absolute atomic E-state index is 10.2. The summed E-state index contributed by atoms with van der Waals surface area (Å²) in [5.74, 6) is 3.67. The minimum atomic E-state index is -0.113. The summed E-state index contributed by atoms with van der Waals surface area (Å²) in [7, 11) is 0. The van der Waals surface area contributed by atoms with Crippen LogP contribution in [-0.4, -0.2) is 11.2 Å². The highest BCUT2D eigenvalue weighted by Gasteiger charge is 2.56. The third-order valence-electron chi connectivity index (χ3n) is 9.05. The van der Waals surface area contributed by atoms with Gasteiger partial charge in [-0.1, -0.05) is 70.1 Å². The van der Waals surface area contributed by atoms with Crippen molar-refractivity contribution in [1.29, 1.82) is 0 Å². The van der Waals surface area contributed by atoms with Gasteiger partial charge in [0.05, 0.1) is 6.10 Å². The Labute approximate surface area is 193 Å². The molecule has 166 valence electrons. The molecule has 0 amide bonds. The van der Waals surface area contributed by atoms with E-state index in [-0.39, 0.29) is 33.1 Å². The fraction of sp³-hybridized carbons (Fsp3) is 0.769. The molecular weight excluding hydrogens is 392 g/mol. The first-order chi connectivity index (χ1) is 12.8. The number of aliphatic hydroxyl groups excluding tert-OH is 1. The number of allylic oxidation sites excluding steroid dienone is 5. The molecule has 3 heteroatoms. The zero-order valence-corrected chi connectivity index (χ0v) is 21.2. The molecule has 0 saturated heterocycles. The fourth-order valence-electron chi connectivity index (χ4n) is 7.42. The Morgan fingerprint density at radius 2 is 1.66 bits per heavy atom. The lowest BCUT2D eigenvalue weighted by Crippen LogP contribution is -2.46. The molecule has 4 rings (SSSR count). The lowest BCUT2D eigenvalue weighted by Gasteiger charge is -2.55. The molecule has 29 heavy (non-hydrogen) atoms. The van der Waals surface area contributed by atoms with E-state index in [1.54, 1.807) is 5.57 Å². The second kappa shape index (κ2) is 9.17. The van der Waals surface area contributed by atoms with Crippen LogP contribution in [0.2, 0.25) is 0 Å². The molecule has 0 spiro atoms. The zero-order valence-electron chi connectivity index (χ0n) is 19.2. The number of aliphatic hydroxyl groups is 1. The van der Waals surface area contributed by atoms with Crippen molar-refractivity contribution < 1.29 is 5.11 Å². The summed E-state index contributed by atoms with van der Waals surface area (Å²) in [6.07, 6.45) is 18.3. The van der Waals surface area contributed by atoms with E-state index in [9.17, 15) is 5.11 Å². The van der Waals surface area contributed by atoms with Crippen LogP contribution in [0, 0.1) is 40.4 Å². The summed E-state index contributed by atoms with van der Waals surface area (Å²) in [6, 6.07) is 0. The van der Waals surface area contributed by atoms with E-state index in [1.165, 1.54) is 37.7 Å². The van der Waals surface area contributed by atoms with Crippen LogP contribution in [0.25, 0.3) is 0 Å². The maximum Gasteiger partial charge on any atom is 0.0578 e. The Kier molecular flexibility index (Phi) is 7.95. The summed E-state index contributed by atoms with van der Waals surface area (Å²) in [6.45, 7) is 12.1. The second-order valence-electron chi connectivity index (χ2n) is 11.0. The molecule has 0 radical (unpaired) electrons. The van der Waals surface area contributed by atoms with Gasteiger partial charge in [-0.2, -0.15) is 27.0 Å². The Bertz CT molecular complexity index is 678. The van der Waals surface area contributed by atoms with Crippen molar-refractivity contribution in [2.45, 2.75) is 85.7 Å². The molecular formula is C26H44OS2. The van der Waals surface area contributed by atoms with Gasteiger partial charge < -0.3 is 5.11 Å². The lowest BCUT2D eigenvalue weighted by molar-refractivity contribution is 0.0383. The minimum absolute atomic E-state index is 0. The SMILES string of the molecule is CC(C)/C=C/C(C)C1CCC2C3=CC=C4C[C@@H](O)CC[C@]4(C)C3CC[C@@]21C.S.S. The number of hydrogen-bond acceptors (Lipinski definition) is 1. The minimum Gasteiger partial charge on any atom is -0.393 e. The molecule has 3 saturated carbocycles. The quantitative estimate of drug-likeness (QED) is 0.476. The molecule has 1 nitrogen and oxygen atoms in total. The fourth-order valence-corrected chi connectivity index (χ4v) is 7.42. The summed E-state index contributed by atoms with van der Waals surface area (Å²) in [4.78, 5) is 0. The Morgan fingerprint density at radius 1 is 0.931 bits per heavy atom. The highest BCUT2D eigenvalue weighted by atomic mass is 32.1. The van der Waals surface area contributed by atoms with Crippen molar-refractivity contribution in [1.82, 2.24) is 0 Å². The van der Waals surface area contributed by atoms with E-state index < -0.39 is 0 Å². The van der Waals surface area contributed by atoms with E-state index >= 15 is 0 Å². The summed E-state index contributed by atoms with van der Waals surface area (Å²) in [5.41, 5.74) is 4.08. The van der Waals surface area contributed by atoms with E-state index in [1.807, 2.05) is 0 Å². The first-order valence-electron chi connectivity index (χ1n) is 11.5. The van der Waals surface area contributed by atoms with Gasteiger partial charge in [0.1, 0.15) is 0 Å². The summed E-state index contributed by atoms with van der Waals surface area (Å²) < 4.78 is 0. The van der Waals surface area contributed by atoms with Crippen LogP contribution in [0.5, 0.6) is 0 Å². The molecule has 4 unspecified atom stereocenters. The van der Waals surface area contributed by atoms with Gasteiger partial charge >= 0.3 is 0 Å². The standard InChI is InChI=1S/C26H40O.2H2S/c1-17(2)6-7-18(3)22-10-11-23-21-9-8-19-16-20(27)12-14-25(19,4)24(21)13-15-26(22,23)5;;/h6-9,17-18,20,22-24,27H,10-16H2,1-5H3;2*1H2/b7-6+;;/t18?,20-,22?,23?,24?,25-,26+;;/m0../s1. The molecule has 0 aromatic carbocycles. The highest BCUT2D eigenvalue weighted by molar-refractivity contribution is 7.59. The van der Waals surface area contributed by atoms with Gasteiger partial charge in [-0.3, -0.25) is 0 Å². The van der Waals surface area contributed by atoms with Crippen molar-refractivity contribution in [3.8, 4) is 0 Å². The van der Waals surface area contributed by atoms with Crippen LogP contribution in [-0.2, 0) is 0 Å². The van der Waals surface area contributed by atoms with Crippen LogP contribution in [0.1, 0.15) is 79.6 Å². The van der Waals surface area contributed by atoms with Gasteiger partial charge in [-0.25, -0.2) is 0 Å². The molecule has 3 fully saturated rings. The summed E-state index contributed by atoms with van der Waals surface area (Å²) in [5, 5.41) is 10.2. The van der Waals surface area contributed by atoms with Crippen molar-refractivity contribution in [2.24, 2.45) is 40.4 Å². The Morgan fingerprint density at radius 3 is 2.34 bits per heavy atom. The van der Waals surface area contributed by atoms with E-state index in [4.69, 9.17) is 0 Å². The average Bonchev–Trinajstić information content (AvgIpc) is 2.97. The second-order valence-corrected chi connectivity index (χ2v) is 11.0. The van der Waals surface area contributed by atoms with Crippen LogP contribution < -0.4 is 0 Å². The highest BCUT2D eigenvalue weighted by Crippen LogP contribution is 2.65. The maximum atomic E-state index is 10.2. The smallest absolute Gasteiger partial charge is 0.0578 e. The molecule has 0 aromatic heterocycles. The van der Waals surface area contributed by atoms with Gasteiger partial charge in [-0.15, -0.1) is 0 Å². The van der Waals surface area contributed by atoms with Gasteiger partial charge in [0.15, 0.2) is 0 Å². The van der Waals surface area contributed by atoms with E-state index in [0.717, 1.165) is 30.6 Å². The van der Waals surface area contributed by atoms with Crippen molar-refractivity contribution >= 4 is 27.0 Å². The van der Waals surface area contributed by atoms with Crippen LogP contribution in [0.4, 0.5) is 0 Å². The summed E-state index contributed by atoms with van der Waals surface area (Å²) >= 11 is 0. The lowest BCUT2D eigenvalue weighted by atomic mass is 9.50. The first-order valence-corrected chi connectivity index (χ1v) is 11.5. The van der Waals surface area contributed by atoms with Gasteiger partial charge in [0.25, 0.3) is 0 Å². The molecule has 4 aliphatic rings. The van der Waals surface area contributed by atoms with Crippen LogP contribution in [0.3, 0.4) is 0 Å². The predicted octanol–water partition coefficient (Wildman–Crippen LogP) is 6.92. The third kappa shape index (κ3) is 4.17. The Hall–Kier alpha value is -0.120. The molecule has 4 aliphatic carbocycles. The number of fused-ring (bicyclic) bond motifs is 5. The molecule has 7 atom stereocenters. The van der Waals surface area contributed by atoms with Gasteiger partial charge in [-0.05, 0) is 85.4 Å². The molecule has 0 bridgehead atoms. The number of hydrogen-bond donors (Lipinski definition) is 1. The predicted molar refractivity (Wildman–Crippen MR) is 135 cm³/mol. The topological polar surface area (TPSA) is 20.2 Å². The normalized spacial score (nSPS) is 42.0. The molecule has 0 aliphatic heterocycles. The third-order valence-corrected chi connectivity index (χ3v) is 9.05. The monoisotopic (exact) mass is 436 g/mol. The van der Waals surface area contributed by atoms with Crippen LogP contribution in [0.15, 0.2) is 35.5 Å². The van der Waals surface area contributed by atoms with E-state index in [2.05, 4.69) is 58.9 Å². The molecule has 0 heterocycles. The van der Waals surface area contributed by atoms with E-state index in [0.29, 0.717) is 22.7 Å². The average molecular weight is 437 g/mol. The molecule has 1 N–H and O–H groups in total.